The van der Waals surface area contributed by atoms with Gasteiger partial charge in [0.2, 0.25) is 0 Å². The van der Waals surface area contributed by atoms with Crippen LogP contribution in [0.1, 0.15) is 48.6 Å². The summed E-state index contributed by atoms with van der Waals surface area (Å²) in [6, 6.07) is 10.0. The monoisotopic (exact) mass is 237 g/mol. The van der Waals surface area contributed by atoms with Crippen LogP contribution in [-0.2, 0) is 5.41 Å². The third-order valence-electron chi connectivity index (χ3n) is 3.88. The first-order chi connectivity index (χ1) is 8.62. The highest BCUT2D eigenvalue weighted by Crippen LogP contribution is 2.47. The van der Waals surface area contributed by atoms with Crippen molar-refractivity contribution in [2.45, 2.75) is 31.6 Å². The first-order valence-electron chi connectivity index (χ1n) is 6.15. The summed E-state index contributed by atoms with van der Waals surface area (Å²) in [5.41, 5.74) is 4.66. The van der Waals surface area contributed by atoms with Gasteiger partial charge in [-0.3, -0.25) is 5.10 Å². The minimum absolute atomic E-state index is 0.143. The molecule has 1 N–H and O–H groups in total. The van der Waals surface area contributed by atoms with Crippen LogP contribution in [0.15, 0.2) is 30.5 Å². The molecule has 1 aliphatic rings. The zero-order valence-electron chi connectivity index (χ0n) is 10.6. The minimum Gasteiger partial charge on any atom is -0.282 e. The fourth-order valence-electron chi connectivity index (χ4n) is 2.91. The molecular weight excluding hydrogens is 222 g/mol. The molecule has 0 radical (unpaired) electrons. The van der Waals surface area contributed by atoms with Crippen LogP contribution in [0.2, 0.25) is 0 Å². The normalized spacial score (nSPS) is 20.4. The molecule has 3 nitrogen and oxygen atoms in total. The molecule has 1 atom stereocenters. The lowest BCUT2D eigenvalue weighted by Crippen LogP contribution is -2.14. The number of nitriles is 1. The summed E-state index contributed by atoms with van der Waals surface area (Å²) in [6.45, 7) is 4.49. The molecule has 0 saturated carbocycles. The Bertz CT molecular complexity index is 614. The maximum Gasteiger partial charge on any atom is 0.0991 e. The first-order valence-corrected chi connectivity index (χ1v) is 6.15. The number of nitrogens with one attached hydrogen (secondary N) is 1. The number of benzene rings is 1. The molecule has 18 heavy (non-hydrogen) atoms. The van der Waals surface area contributed by atoms with Gasteiger partial charge in [-0.15, -0.1) is 0 Å². The van der Waals surface area contributed by atoms with Crippen molar-refractivity contribution in [1.29, 1.82) is 5.26 Å². The SMILES string of the molecule is CC1(C)CC(c2ccc(C#N)cc2)c2cn[nH]c21. The van der Waals surface area contributed by atoms with Gasteiger partial charge in [0.05, 0.1) is 17.8 Å². The standard InChI is InChI=1S/C15H15N3/c1-15(2)7-12(13-9-17-18-14(13)15)11-5-3-10(8-16)4-6-11/h3-6,9,12H,7H2,1-2H3,(H,17,18). The van der Waals surface area contributed by atoms with Gasteiger partial charge < -0.3 is 0 Å². The smallest absolute Gasteiger partial charge is 0.0991 e. The summed E-state index contributed by atoms with van der Waals surface area (Å²) < 4.78 is 0. The zero-order valence-corrected chi connectivity index (χ0v) is 10.6. The second-order valence-electron chi connectivity index (χ2n) is 5.57. The Labute approximate surface area is 106 Å². The highest BCUT2D eigenvalue weighted by Gasteiger charge is 2.39. The first kappa shape index (κ1) is 11.0. The molecule has 2 aromatic rings. The topological polar surface area (TPSA) is 52.5 Å². The zero-order chi connectivity index (χ0) is 12.8. The molecule has 0 bridgehead atoms. The third kappa shape index (κ3) is 1.53. The van der Waals surface area contributed by atoms with Gasteiger partial charge in [-0.1, -0.05) is 26.0 Å². The lowest BCUT2D eigenvalue weighted by molar-refractivity contribution is 0.483. The highest BCUT2D eigenvalue weighted by molar-refractivity contribution is 5.44. The predicted octanol–water partition coefficient (Wildman–Crippen LogP) is 3.09. The number of rotatable bonds is 1. The molecule has 3 heteroatoms. The van der Waals surface area contributed by atoms with Crippen LogP contribution in [0.3, 0.4) is 0 Å². The Hall–Kier alpha value is -2.08. The molecule has 1 unspecified atom stereocenters. The van der Waals surface area contributed by atoms with E-state index >= 15 is 0 Å². The van der Waals surface area contributed by atoms with Gasteiger partial charge in [0.1, 0.15) is 0 Å². The van der Waals surface area contributed by atoms with Crippen molar-refractivity contribution in [2.75, 3.05) is 0 Å². The number of aromatic amines is 1. The number of nitrogens with zero attached hydrogens (tertiary/aromatic N) is 2. The number of hydrogen-bond acceptors (Lipinski definition) is 2. The van der Waals surface area contributed by atoms with E-state index in [1.807, 2.05) is 18.3 Å². The summed E-state index contributed by atoms with van der Waals surface area (Å²) in [5, 5.41) is 16.1. The summed E-state index contributed by atoms with van der Waals surface area (Å²) in [7, 11) is 0. The van der Waals surface area contributed by atoms with Crippen molar-refractivity contribution in [3.63, 3.8) is 0 Å². The Morgan fingerprint density at radius 2 is 2.06 bits per heavy atom. The Morgan fingerprint density at radius 1 is 1.33 bits per heavy atom. The van der Waals surface area contributed by atoms with E-state index in [-0.39, 0.29) is 5.41 Å². The summed E-state index contributed by atoms with van der Waals surface area (Å²) in [4.78, 5) is 0. The van der Waals surface area contributed by atoms with Crippen LogP contribution in [0.25, 0.3) is 0 Å². The lowest BCUT2D eigenvalue weighted by Gasteiger charge is -2.18. The van der Waals surface area contributed by atoms with Gasteiger partial charge in [-0.2, -0.15) is 10.4 Å². The Kier molecular flexibility index (Phi) is 2.27. The molecule has 1 aliphatic carbocycles. The lowest BCUT2D eigenvalue weighted by atomic mass is 9.86. The van der Waals surface area contributed by atoms with Gasteiger partial charge in [0.25, 0.3) is 0 Å². The van der Waals surface area contributed by atoms with Gasteiger partial charge in [-0.25, -0.2) is 0 Å². The van der Waals surface area contributed by atoms with E-state index in [1.165, 1.54) is 16.8 Å². The van der Waals surface area contributed by atoms with Crippen molar-refractivity contribution >= 4 is 0 Å². The number of H-pyrrole nitrogens is 1. The number of aromatic nitrogens is 2. The Morgan fingerprint density at radius 3 is 2.72 bits per heavy atom. The fourth-order valence-corrected chi connectivity index (χ4v) is 2.91. The van der Waals surface area contributed by atoms with Crippen LogP contribution in [0.5, 0.6) is 0 Å². The van der Waals surface area contributed by atoms with Crippen molar-refractivity contribution in [1.82, 2.24) is 10.2 Å². The van der Waals surface area contributed by atoms with Crippen LogP contribution in [0.4, 0.5) is 0 Å². The second kappa shape index (κ2) is 3.71. The van der Waals surface area contributed by atoms with E-state index in [0.717, 1.165) is 6.42 Å². The van der Waals surface area contributed by atoms with Crippen LogP contribution < -0.4 is 0 Å². The summed E-state index contributed by atoms with van der Waals surface area (Å²) in [5.74, 6) is 0.390. The van der Waals surface area contributed by atoms with E-state index in [1.54, 1.807) is 0 Å². The molecule has 1 heterocycles. The van der Waals surface area contributed by atoms with Crippen molar-refractivity contribution in [2.24, 2.45) is 0 Å². The maximum atomic E-state index is 8.84. The van der Waals surface area contributed by atoms with E-state index in [0.29, 0.717) is 11.5 Å². The average Bonchev–Trinajstić information content (AvgIpc) is 2.93. The number of fused-ring (bicyclic) bond motifs is 1. The van der Waals surface area contributed by atoms with Gasteiger partial charge >= 0.3 is 0 Å². The summed E-state index contributed by atoms with van der Waals surface area (Å²) in [6.07, 6.45) is 3.02. The van der Waals surface area contributed by atoms with E-state index in [2.05, 4.69) is 42.2 Å². The van der Waals surface area contributed by atoms with Gasteiger partial charge in [0, 0.05) is 22.6 Å². The van der Waals surface area contributed by atoms with Crippen molar-refractivity contribution in [3.05, 3.63) is 52.8 Å². The molecule has 0 saturated heterocycles. The molecule has 3 rings (SSSR count). The van der Waals surface area contributed by atoms with Crippen LogP contribution in [0, 0.1) is 11.3 Å². The molecule has 0 amide bonds. The molecular formula is C15H15N3. The van der Waals surface area contributed by atoms with E-state index in [9.17, 15) is 0 Å². The Balaban J connectivity index is 2.02. The third-order valence-corrected chi connectivity index (χ3v) is 3.88. The van der Waals surface area contributed by atoms with Gasteiger partial charge in [0.15, 0.2) is 0 Å². The minimum atomic E-state index is 0.143. The second-order valence-corrected chi connectivity index (χ2v) is 5.57. The van der Waals surface area contributed by atoms with Crippen LogP contribution in [-0.4, -0.2) is 10.2 Å². The quantitative estimate of drug-likeness (QED) is 0.828. The fraction of sp³-hybridized carbons (Fsp3) is 0.333. The average molecular weight is 237 g/mol. The van der Waals surface area contributed by atoms with Crippen molar-refractivity contribution in [3.8, 4) is 6.07 Å². The van der Waals surface area contributed by atoms with Gasteiger partial charge in [-0.05, 0) is 24.1 Å². The predicted molar refractivity (Wildman–Crippen MR) is 69.2 cm³/mol. The van der Waals surface area contributed by atoms with E-state index < -0.39 is 0 Å². The largest absolute Gasteiger partial charge is 0.282 e. The maximum absolute atomic E-state index is 8.84. The highest BCUT2D eigenvalue weighted by atomic mass is 15.1. The molecule has 0 spiro atoms. The molecule has 1 aromatic heterocycles. The summed E-state index contributed by atoms with van der Waals surface area (Å²) >= 11 is 0. The van der Waals surface area contributed by atoms with Crippen LogP contribution >= 0.6 is 0 Å². The van der Waals surface area contributed by atoms with Crippen molar-refractivity contribution < 1.29 is 0 Å². The van der Waals surface area contributed by atoms with E-state index in [4.69, 9.17) is 5.26 Å². The molecule has 1 aromatic carbocycles. The molecule has 0 aliphatic heterocycles. The molecule has 90 valence electrons. The molecule has 0 fully saturated rings. The number of hydrogen-bond donors (Lipinski definition) is 1.